The Labute approximate surface area is 127 Å². The second-order valence-electron chi connectivity index (χ2n) is 4.30. The van der Waals surface area contributed by atoms with Crippen LogP contribution in [-0.4, -0.2) is 13.4 Å². The van der Waals surface area contributed by atoms with Crippen molar-refractivity contribution >= 4 is 33.1 Å². The van der Waals surface area contributed by atoms with Gasteiger partial charge in [0.1, 0.15) is 10.7 Å². The highest BCUT2D eigenvalue weighted by Crippen LogP contribution is 2.25. The molecule has 0 spiro atoms. The number of halogens is 1. The maximum atomic E-state index is 12.4. The molecule has 6 nitrogen and oxygen atoms in total. The molecule has 3 N–H and O–H groups in total. The summed E-state index contributed by atoms with van der Waals surface area (Å²) in [4.78, 5) is 3.76. The van der Waals surface area contributed by atoms with Gasteiger partial charge in [-0.15, -0.1) is 0 Å². The Bertz CT molecular complexity index is 844. The minimum absolute atomic E-state index is 0.0228. The highest BCUT2D eigenvalue weighted by Gasteiger charge is 2.20. The maximum Gasteiger partial charge on any atom is 0.264 e. The van der Waals surface area contributed by atoms with E-state index in [0.717, 1.165) is 0 Å². The van der Waals surface area contributed by atoms with Gasteiger partial charge in [-0.3, -0.25) is 4.72 Å². The lowest BCUT2D eigenvalue weighted by Gasteiger charge is -2.11. The molecule has 2 aromatic rings. The zero-order valence-electron chi connectivity index (χ0n) is 11.0. The Morgan fingerprint density at radius 2 is 2.10 bits per heavy atom. The van der Waals surface area contributed by atoms with Crippen molar-refractivity contribution in [3.63, 3.8) is 0 Å². The monoisotopic (exact) mass is 322 g/mol. The van der Waals surface area contributed by atoms with E-state index in [0.29, 0.717) is 11.3 Å². The van der Waals surface area contributed by atoms with E-state index in [4.69, 9.17) is 22.6 Å². The van der Waals surface area contributed by atoms with Gasteiger partial charge in [0.25, 0.3) is 10.0 Å². The normalized spacial score (nSPS) is 10.9. The summed E-state index contributed by atoms with van der Waals surface area (Å²) in [6.45, 7) is 1.68. The molecule has 0 atom stereocenters. The molecule has 21 heavy (non-hydrogen) atoms. The van der Waals surface area contributed by atoms with Crippen LogP contribution in [0.3, 0.4) is 0 Å². The number of aryl methyl sites for hydroxylation is 1. The van der Waals surface area contributed by atoms with Gasteiger partial charge < -0.3 is 5.73 Å². The number of nitrogens with zero attached hydrogens (tertiary/aromatic N) is 2. The number of sulfonamides is 1. The van der Waals surface area contributed by atoms with Crippen LogP contribution in [0.2, 0.25) is 5.02 Å². The second-order valence-corrected chi connectivity index (χ2v) is 6.35. The smallest absolute Gasteiger partial charge is 0.264 e. The lowest BCUT2D eigenvalue weighted by Crippen LogP contribution is -2.15. The molecular formula is C13H11ClN4O2S. The fourth-order valence-electron chi connectivity index (χ4n) is 1.66. The van der Waals surface area contributed by atoms with E-state index in [-0.39, 0.29) is 21.3 Å². The number of anilines is 2. The highest BCUT2D eigenvalue weighted by atomic mass is 35.5. The minimum Gasteiger partial charge on any atom is -0.397 e. The van der Waals surface area contributed by atoms with E-state index in [9.17, 15) is 8.42 Å². The average Bonchev–Trinajstić information content (AvgIpc) is 2.42. The lowest BCUT2D eigenvalue weighted by molar-refractivity contribution is 0.601. The van der Waals surface area contributed by atoms with Crippen LogP contribution in [-0.2, 0) is 10.0 Å². The van der Waals surface area contributed by atoms with Gasteiger partial charge >= 0.3 is 0 Å². The van der Waals surface area contributed by atoms with E-state index in [1.807, 2.05) is 6.07 Å². The number of benzene rings is 1. The lowest BCUT2D eigenvalue weighted by atomic mass is 10.2. The molecule has 1 aromatic carbocycles. The summed E-state index contributed by atoms with van der Waals surface area (Å²) in [6, 6.07) is 7.47. The zero-order valence-corrected chi connectivity index (χ0v) is 12.5. The van der Waals surface area contributed by atoms with Gasteiger partial charge in [-0.05, 0) is 36.8 Å². The fraction of sp³-hybridized carbons (Fsp3) is 0.0769. The van der Waals surface area contributed by atoms with Gasteiger partial charge in [-0.25, -0.2) is 13.4 Å². The van der Waals surface area contributed by atoms with Crippen molar-refractivity contribution in [1.82, 2.24) is 4.98 Å². The fourth-order valence-corrected chi connectivity index (χ4v) is 3.27. The number of nitriles is 1. The minimum atomic E-state index is -3.95. The van der Waals surface area contributed by atoms with Crippen LogP contribution < -0.4 is 10.5 Å². The second kappa shape index (κ2) is 5.60. The first-order valence-corrected chi connectivity index (χ1v) is 7.64. The largest absolute Gasteiger partial charge is 0.397 e. The van der Waals surface area contributed by atoms with Crippen molar-refractivity contribution in [2.75, 3.05) is 10.5 Å². The first-order valence-electron chi connectivity index (χ1n) is 5.78. The van der Waals surface area contributed by atoms with E-state index in [1.165, 1.54) is 24.4 Å². The molecule has 0 unspecified atom stereocenters. The topological polar surface area (TPSA) is 109 Å². The Hall–Kier alpha value is -2.30. The quantitative estimate of drug-likeness (QED) is 0.901. The molecule has 0 bridgehead atoms. The Kier molecular flexibility index (Phi) is 4.02. The molecule has 0 aliphatic heterocycles. The van der Waals surface area contributed by atoms with E-state index in [1.54, 1.807) is 13.0 Å². The van der Waals surface area contributed by atoms with Crippen LogP contribution in [0.25, 0.3) is 0 Å². The molecule has 0 saturated heterocycles. The van der Waals surface area contributed by atoms with E-state index >= 15 is 0 Å². The third kappa shape index (κ3) is 3.24. The molecular weight excluding hydrogens is 312 g/mol. The van der Waals surface area contributed by atoms with Crippen LogP contribution in [0.1, 0.15) is 11.1 Å². The molecule has 108 valence electrons. The summed E-state index contributed by atoms with van der Waals surface area (Å²) in [5.41, 5.74) is 6.77. The Balaban J connectivity index is 2.46. The van der Waals surface area contributed by atoms with Gasteiger partial charge in [0.2, 0.25) is 0 Å². The summed E-state index contributed by atoms with van der Waals surface area (Å²) in [5, 5.41) is 8.87. The predicted molar refractivity (Wildman–Crippen MR) is 80.4 cm³/mol. The van der Waals surface area contributed by atoms with Crippen molar-refractivity contribution in [2.24, 2.45) is 0 Å². The van der Waals surface area contributed by atoms with Crippen molar-refractivity contribution in [1.29, 1.82) is 5.26 Å². The number of hydrogen-bond acceptors (Lipinski definition) is 5. The van der Waals surface area contributed by atoms with E-state index in [2.05, 4.69) is 9.71 Å². The van der Waals surface area contributed by atoms with Gasteiger partial charge in [-0.2, -0.15) is 5.26 Å². The van der Waals surface area contributed by atoms with Crippen LogP contribution >= 0.6 is 11.6 Å². The maximum absolute atomic E-state index is 12.4. The van der Waals surface area contributed by atoms with Crippen molar-refractivity contribution in [3.8, 4) is 6.07 Å². The number of nitrogens with two attached hydrogens (primary N) is 1. The Morgan fingerprint density at radius 1 is 1.38 bits per heavy atom. The number of aromatic nitrogens is 1. The molecule has 0 aliphatic rings. The molecule has 8 heteroatoms. The third-order valence-corrected chi connectivity index (χ3v) is 4.50. The van der Waals surface area contributed by atoms with Crippen LogP contribution in [0, 0.1) is 18.3 Å². The molecule has 1 heterocycles. The number of pyridine rings is 1. The van der Waals surface area contributed by atoms with Crippen LogP contribution in [0.15, 0.2) is 35.4 Å². The standard InChI is InChI=1S/C13H11ClN4O2S/c1-8-4-10(16)7-17-13(8)18-21(19,20)12-5-9(6-15)2-3-11(12)14/h2-5,7H,16H2,1H3,(H,17,18). The van der Waals surface area contributed by atoms with Gasteiger partial charge in [-0.1, -0.05) is 11.6 Å². The van der Waals surface area contributed by atoms with Gasteiger partial charge in [0.15, 0.2) is 0 Å². The Morgan fingerprint density at radius 3 is 2.71 bits per heavy atom. The summed E-state index contributed by atoms with van der Waals surface area (Å²) in [5.74, 6) is 0.155. The molecule has 0 radical (unpaired) electrons. The summed E-state index contributed by atoms with van der Waals surface area (Å²) < 4.78 is 27.0. The third-order valence-electron chi connectivity index (χ3n) is 2.68. The van der Waals surface area contributed by atoms with Crippen LogP contribution in [0.5, 0.6) is 0 Å². The first kappa shape index (κ1) is 15.1. The van der Waals surface area contributed by atoms with Gasteiger partial charge in [0.05, 0.1) is 28.5 Å². The molecule has 0 amide bonds. The van der Waals surface area contributed by atoms with Gasteiger partial charge in [0, 0.05) is 0 Å². The molecule has 0 saturated carbocycles. The average molecular weight is 323 g/mol. The molecule has 1 aromatic heterocycles. The van der Waals surface area contributed by atoms with Crippen molar-refractivity contribution in [2.45, 2.75) is 11.8 Å². The molecule has 0 aliphatic carbocycles. The van der Waals surface area contributed by atoms with Crippen molar-refractivity contribution < 1.29 is 8.42 Å². The van der Waals surface area contributed by atoms with Crippen molar-refractivity contribution in [3.05, 3.63) is 46.6 Å². The molecule has 2 rings (SSSR count). The first-order chi connectivity index (χ1) is 9.83. The van der Waals surface area contributed by atoms with Crippen LogP contribution in [0.4, 0.5) is 11.5 Å². The summed E-state index contributed by atoms with van der Waals surface area (Å²) in [6.07, 6.45) is 1.35. The molecule has 0 fully saturated rings. The number of nitrogens with one attached hydrogen (secondary N) is 1. The predicted octanol–water partition coefficient (Wildman–Crippen LogP) is 2.30. The number of rotatable bonds is 3. The summed E-state index contributed by atoms with van der Waals surface area (Å²) in [7, 11) is -3.95. The zero-order chi connectivity index (χ0) is 15.6. The number of nitrogen functional groups attached to an aromatic ring is 1. The SMILES string of the molecule is Cc1cc(N)cnc1NS(=O)(=O)c1cc(C#N)ccc1Cl. The van der Waals surface area contributed by atoms with E-state index < -0.39 is 10.0 Å². The summed E-state index contributed by atoms with van der Waals surface area (Å²) >= 11 is 5.90. The number of hydrogen-bond donors (Lipinski definition) is 2. The highest BCUT2D eigenvalue weighted by molar-refractivity contribution is 7.92.